The minimum atomic E-state index is 0.697. The smallest absolute Gasteiger partial charge is 0.135 e. The summed E-state index contributed by atoms with van der Waals surface area (Å²) in [7, 11) is 0. The standard InChI is InChI=1S/C12H14N2O/c13-7-1-4-11-5-6-12(15-11)10-3-2-8-14-9-10/h2-3,5-6,8-9H,1,4,7,13H2. The van der Waals surface area contributed by atoms with Gasteiger partial charge in [0.05, 0.1) is 0 Å². The fourth-order valence-corrected chi connectivity index (χ4v) is 1.45. The van der Waals surface area contributed by atoms with Gasteiger partial charge in [0.2, 0.25) is 0 Å². The van der Waals surface area contributed by atoms with Crippen LogP contribution in [0.3, 0.4) is 0 Å². The van der Waals surface area contributed by atoms with Gasteiger partial charge in [-0.1, -0.05) is 0 Å². The fourth-order valence-electron chi connectivity index (χ4n) is 1.45. The zero-order valence-corrected chi connectivity index (χ0v) is 8.52. The van der Waals surface area contributed by atoms with E-state index in [-0.39, 0.29) is 0 Å². The van der Waals surface area contributed by atoms with E-state index in [0.29, 0.717) is 6.54 Å². The molecule has 2 rings (SSSR count). The molecule has 0 unspecified atom stereocenters. The Morgan fingerprint density at radius 2 is 2.20 bits per heavy atom. The number of nitrogens with two attached hydrogens (primary N) is 1. The highest BCUT2D eigenvalue weighted by molar-refractivity contribution is 5.55. The Labute approximate surface area is 88.9 Å². The van der Waals surface area contributed by atoms with Crippen LogP contribution in [0.2, 0.25) is 0 Å². The van der Waals surface area contributed by atoms with Crippen LogP contribution in [0.1, 0.15) is 12.2 Å². The van der Waals surface area contributed by atoms with E-state index in [9.17, 15) is 0 Å². The first kappa shape index (κ1) is 9.93. The van der Waals surface area contributed by atoms with Gasteiger partial charge in [-0.05, 0) is 37.2 Å². The Balaban J connectivity index is 2.14. The molecule has 0 aliphatic rings. The predicted octanol–water partition coefficient (Wildman–Crippen LogP) is 2.23. The quantitative estimate of drug-likeness (QED) is 0.827. The second kappa shape index (κ2) is 4.75. The van der Waals surface area contributed by atoms with Crippen molar-refractivity contribution in [2.75, 3.05) is 6.54 Å². The van der Waals surface area contributed by atoms with Crippen molar-refractivity contribution >= 4 is 0 Å². The Hall–Kier alpha value is -1.61. The minimum absolute atomic E-state index is 0.697. The lowest BCUT2D eigenvalue weighted by molar-refractivity contribution is 0.515. The summed E-state index contributed by atoms with van der Waals surface area (Å²) >= 11 is 0. The topological polar surface area (TPSA) is 52.0 Å². The molecule has 0 saturated carbocycles. The summed E-state index contributed by atoms with van der Waals surface area (Å²) < 4.78 is 5.68. The van der Waals surface area contributed by atoms with Gasteiger partial charge in [0.15, 0.2) is 0 Å². The summed E-state index contributed by atoms with van der Waals surface area (Å²) in [6.45, 7) is 0.697. The van der Waals surface area contributed by atoms with Crippen LogP contribution in [-0.2, 0) is 6.42 Å². The molecular weight excluding hydrogens is 188 g/mol. The van der Waals surface area contributed by atoms with Crippen molar-refractivity contribution in [1.82, 2.24) is 4.98 Å². The second-order valence-electron chi connectivity index (χ2n) is 3.40. The van der Waals surface area contributed by atoms with Gasteiger partial charge in [-0.2, -0.15) is 0 Å². The van der Waals surface area contributed by atoms with Gasteiger partial charge in [-0.3, -0.25) is 4.98 Å². The maximum atomic E-state index is 5.68. The largest absolute Gasteiger partial charge is 0.461 e. The molecule has 0 aliphatic heterocycles. The number of rotatable bonds is 4. The second-order valence-corrected chi connectivity index (χ2v) is 3.40. The van der Waals surface area contributed by atoms with Gasteiger partial charge in [-0.25, -0.2) is 0 Å². The number of nitrogens with zero attached hydrogens (tertiary/aromatic N) is 1. The van der Waals surface area contributed by atoms with Gasteiger partial charge in [-0.15, -0.1) is 0 Å². The molecular formula is C12H14N2O. The molecule has 15 heavy (non-hydrogen) atoms. The number of hydrogen-bond donors (Lipinski definition) is 1. The molecule has 2 aromatic heterocycles. The Bertz CT molecular complexity index is 409. The third-order valence-electron chi connectivity index (χ3n) is 2.24. The highest BCUT2D eigenvalue weighted by Gasteiger charge is 2.03. The zero-order valence-electron chi connectivity index (χ0n) is 8.52. The number of aryl methyl sites for hydroxylation is 1. The third-order valence-corrected chi connectivity index (χ3v) is 2.24. The van der Waals surface area contributed by atoms with Crippen molar-refractivity contribution in [1.29, 1.82) is 0 Å². The highest BCUT2D eigenvalue weighted by Crippen LogP contribution is 2.21. The number of furan rings is 1. The lowest BCUT2D eigenvalue weighted by atomic mass is 10.2. The molecule has 0 radical (unpaired) electrons. The molecule has 2 aromatic rings. The molecule has 78 valence electrons. The third kappa shape index (κ3) is 2.44. The van der Waals surface area contributed by atoms with Gasteiger partial charge < -0.3 is 10.2 Å². The molecule has 0 fully saturated rings. The summed E-state index contributed by atoms with van der Waals surface area (Å²) in [5.41, 5.74) is 6.45. The Morgan fingerprint density at radius 1 is 1.27 bits per heavy atom. The van der Waals surface area contributed by atoms with Crippen LogP contribution in [0, 0.1) is 0 Å². The predicted molar refractivity (Wildman–Crippen MR) is 59.3 cm³/mol. The maximum absolute atomic E-state index is 5.68. The van der Waals surface area contributed by atoms with E-state index in [1.54, 1.807) is 12.4 Å². The minimum Gasteiger partial charge on any atom is -0.461 e. The van der Waals surface area contributed by atoms with Crippen LogP contribution in [0.25, 0.3) is 11.3 Å². The van der Waals surface area contributed by atoms with Crippen LogP contribution in [0.5, 0.6) is 0 Å². The monoisotopic (exact) mass is 202 g/mol. The highest BCUT2D eigenvalue weighted by atomic mass is 16.3. The molecule has 0 atom stereocenters. The van der Waals surface area contributed by atoms with Gasteiger partial charge in [0.25, 0.3) is 0 Å². The summed E-state index contributed by atoms with van der Waals surface area (Å²) in [5.74, 6) is 1.86. The van der Waals surface area contributed by atoms with E-state index in [1.807, 2.05) is 24.3 Å². The van der Waals surface area contributed by atoms with Crippen molar-refractivity contribution in [3.8, 4) is 11.3 Å². The van der Waals surface area contributed by atoms with Crippen LogP contribution >= 0.6 is 0 Å². The number of aromatic nitrogens is 1. The molecule has 0 aromatic carbocycles. The number of hydrogen-bond acceptors (Lipinski definition) is 3. The first-order valence-electron chi connectivity index (χ1n) is 5.09. The van der Waals surface area contributed by atoms with Crippen molar-refractivity contribution in [3.05, 3.63) is 42.4 Å². The van der Waals surface area contributed by atoms with E-state index < -0.39 is 0 Å². The summed E-state index contributed by atoms with van der Waals surface area (Å²) in [6.07, 6.45) is 5.41. The maximum Gasteiger partial charge on any atom is 0.135 e. The van der Waals surface area contributed by atoms with Gasteiger partial charge in [0, 0.05) is 24.4 Å². The average molecular weight is 202 g/mol. The summed E-state index contributed by atoms with van der Waals surface area (Å²) in [6, 6.07) is 7.86. The molecule has 2 N–H and O–H groups in total. The average Bonchev–Trinajstić information content (AvgIpc) is 2.76. The summed E-state index contributed by atoms with van der Waals surface area (Å²) in [5, 5.41) is 0. The molecule has 0 aliphatic carbocycles. The van der Waals surface area contributed by atoms with Crippen LogP contribution in [0.15, 0.2) is 41.1 Å². The van der Waals surface area contributed by atoms with E-state index in [4.69, 9.17) is 10.2 Å². The first-order valence-corrected chi connectivity index (χ1v) is 5.09. The van der Waals surface area contributed by atoms with E-state index >= 15 is 0 Å². The van der Waals surface area contributed by atoms with E-state index in [1.165, 1.54) is 0 Å². The van der Waals surface area contributed by atoms with E-state index in [2.05, 4.69) is 4.98 Å². The molecule has 0 amide bonds. The molecule has 0 saturated heterocycles. The van der Waals surface area contributed by atoms with Crippen molar-refractivity contribution < 1.29 is 4.42 Å². The Kier molecular flexibility index (Phi) is 3.15. The lowest BCUT2D eigenvalue weighted by Crippen LogP contribution is -1.99. The van der Waals surface area contributed by atoms with Crippen LogP contribution < -0.4 is 5.73 Å². The normalized spacial score (nSPS) is 10.5. The van der Waals surface area contributed by atoms with Gasteiger partial charge >= 0.3 is 0 Å². The molecule has 0 bridgehead atoms. The van der Waals surface area contributed by atoms with Crippen LogP contribution in [-0.4, -0.2) is 11.5 Å². The lowest BCUT2D eigenvalue weighted by Gasteiger charge is -1.96. The molecule has 3 nitrogen and oxygen atoms in total. The van der Waals surface area contributed by atoms with Crippen molar-refractivity contribution in [2.45, 2.75) is 12.8 Å². The SMILES string of the molecule is NCCCc1ccc(-c2cccnc2)o1. The Morgan fingerprint density at radius 3 is 2.93 bits per heavy atom. The van der Waals surface area contributed by atoms with Gasteiger partial charge in [0.1, 0.15) is 11.5 Å². The first-order chi connectivity index (χ1) is 7.40. The molecule has 3 heteroatoms. The van der Waals surface area contributed by atoms with Crippen molar-refractivity contribution in [3.63, 3.8) is 0 Å². The number of pyridine rings is 1. The van der Waals surface area contributed by atoms with E-state index in [0.717, 1.165) is 29.9 Å². The summed E-state index contributed by atoms with van der Waals surface area (Å²) in [4.78, 5) is 4.05. The molecule has 0 spiro atoms. The molecule has 2 heterocycles. The zero-order chi connectivity index (χ0) is 10.5. The van der Waals surface area contributed by atoms with Crippen molar-refractivity contribution in [2.24, 2.45) is 5.73 Å². The fraction of sp³-hybridized carbons (Fsp3) is 0.250. The van der Waals surface area contributed by atoms with Crippen LogP contribution in [0.4, 0.5) is 0 Å².